The Morgan fingerprint density at radius 1 is 1.78 bits per heavy atom. The van der Waals surface area contributed by atoms with Crippen LogP contribution >= 0.6 is 0 Å². The summed E-state index contributed by atoms with van der Waals surface area (Å²) >= 11 is 0. The van der Waals surface area contributed by atoms with Crippen molar-refractivity contribution >= 4 is 5.97 Å². The number of aliphatic carboxylic acids is 1. The Hall–Kier alpha value is -0.790. The van der Waals surface area contributed by atoms with E-state index in [-0.39, 0.29) is 5.92 Å². The van der Waals surface area contributed by atoms with Crippen LogP contribution in [0, 0.1) is 5.92 Å². The Balaban J connectivity index is 3.50. The minimum Gasteiger partial charge on any atom is -0.481 e. The van der Waals surface area contributed by atoms with E-state index in [1.165, 1.54) is 0 Å². The third-order valence-corrected chi connectivity index (χ3v) is 1.15. The number of hydrogen-bond donors (Lipinski definition) is 1. The first-order chi connectivity index (χ1) is 4.18. The summed E-state index contributed by atoms with van der Waals surface area (Å²) in [6.45, 7) is 3.58. The number of rotatable bonds is 3. The fourth-order valence-corrected chi connectivity index (χ4v) is 0.441. The molecule has 0 bridgehead atoms. The maximum Gasteiger partial charge on any atom is 0.306 e. The summed E-state index contributed by atoms with van der Waals surface area (Å²) in [5, 5.41) is 8.37. The highest BCUT2D eigenvalue weighted by molar-refractivity contribution is 5.69. The van der Waals surface area contributed by atoms with E-state index in [1.54, 1.807) is 6.92 Å². The molecule has 0 heterocycles. The average Bonchev–Trinajstić information content (AvgIpc) is 1.82. The van der Waals surface area contributed by atoms with Crippen molar-refractivity contribution in [2.45, 2.75) is 20.3 Å². The van der Waals surface area contributed by atoms with Crippen LogP contribution in [0.1, 0.15) is 20.3 Å². The zero-order valence-corrected chi connectivity index (χ0v) is 5.79. The van der Waals surface area contributed by atoms with Gasteiger partial charge in [0.15, 0.2) is 0 Å². The van der Waals surface area contributed by atoms with Gasteiger partial charge in [0.25, 0.3) is 0 Å². The second-order valence-corrected chi connectivity index (χ2v) is 2.04. The van der Waals surface area contributed by atoms with Gasteiger partial charge in [0.05, 0.1) is 5.92 Å². The SMILES string of the molecule is C/C=C/C[C@@H](C)C(=O)O. The number of allylic oxidation sites excluding steroid dienone is 2. The first-order valence-corrected chi connectivity index (χ1v) is 3.02. The molecule has 0 aliphatic heterocycles. The van der Waals surface area contributed by atoms with Gasteiger partial charge in [-0.3, -0.25) is 4.79 Å². The Bertz CT molecular complexity index is 116. The standard InChI is InChI=1S/C7H12O2/c1-3-4-5-6(2)7(8)9/h3-4,6H,5H2,1-2H3,(H,8,9)/b4-3+/t6-/m1/s1. The van der Waals surface area contributed by atoms with Crippen LogP contribution in [-0.2, 0) is 4.79 Å². The fraction of sp³-hybridized carbons (Fsp3) is 0.571. The Kier molecular flexibility index (Phi) is 3.76. The Morgan fingerprint density at radius 3 is 2.67 bits per heavy atom. The van der Waals surface area contributed by atoms with Gasteiger partial charge in [0.2, 0.25) is 0 Å². The molecule has 0 radical (unpaired) electrons. The second kappa shape index (κ2) is 4.13. The van der Waals surface area contributed by atoms with Gasteiger partial charge in [-0.05, 0) is 13.3 Å². The van der Waals surface area contributed by atoms with Gasteiger partial charge in [0.1, 0.15) is 0 Å². The molecular formula is C7H12O2. The molecule has 0 aliphatic carbocycles. The highest BCUT2D eigenvalue weighted by atomic mass is 16.4. The molecule has 0 amide bonds. The van der Waals surface area contributed by atoms with Gasteiger partial charge in [-0.15, -0.1) is 0 Å². The van der Waals surface area contributed by atoms with E-state index in [9.17, 15) is 4.79 Å². The molecule has 1 atom stereocenters. The predicted octanol–water partition coefficient (Wildman–Crippen LogP) is 1.67. The minimum atomic E-state index is -0.729. The van der Waals surface area contributed by atoms with E-state index in [2.05, 4.69) is 0 Å². The van der Waals surface area contributed by atoms with Crippen molar-refractivity contribution in [3.8, 4) is 0 Å². The lowest BCUT2D eigenvalue weighted by Gasteiger charge is -1.98. The zero-order chi connectivity index (χ0) is 7.28. The molecule has 0 aromatic carbocycles. The molecule has 0 aliphatic rings. The maximum absolute atomic E-state index is 10.2. The summed E-state index contributed by atoms with van der Waals surface area (Å²) in [7, 11) is 0. The zero-order valence-electron chi connectivity index (χ0n) is 5.79. The van der Waals surface area contributed by atoms with E-state index in [1.807, 2.05) is 19.1 Å². The predicted molar refractivity (Wildman–Crippen MR) is 36.2 cm³/mol. The van der Waals surface area contributed by atoms with Crippen LogP contribution in [0.3, 0.4) is 0 Å². The minimum absolute atomic E-state index is 0.249. The lowest BCUT2D eigenvalue weighted by molar-refractivity contribution is -0.140. The Morgan fingerprint density at radius 2 is 2.33 bits per heavy atom. The van der Waals surface area contributed by atoms with Crippen LogP contribution in [0.4, 0.5) is 0 Å². The molecule has 1 N–H and O–H groups in total. The van der Waals surface area contributed by atoms with Crippen molar-refractivity contribution in [3.63, 3.8) is 0 Å². The third-order valence-electron chi connectivity index (χ3n) is 1.15. The molecular weight excluding hydrogens is 116 g/mol. The molecule has 0 spiro atoms. The van der Waals surface area contributed by atoms with Crippen molar-refractivity contribution < 1.29 is 9.90 Å². The van der Waals surface area contributed by atoms with Crippen molar-refractivity contribution in [2.24, 2.45) is 5.92 Å². The molecule has 0 aromatic heterocycles. The normalized spacial score (nSPS) is 14.0. The fourth-order valence-electron chi connectivity index (χ4n) is 0.441. The van der Waals surface area contributed by atoms with Crippen molar-refractivity contribution in [3.05, 3.63) is 12.2 Å². The summed E-state index contributed by atoms with van der Waals surface area (Å²) in [6.07, 6.45) is 4.35. The number of carboxylic acid groups (broad SMARTS) is 1. The summed E-state index contributed by atoms with van der Waals surface area (Å²) in [6, 6.07) is 0. The molecule has 0 unspecified atom stereocenters. The van der Waals surface area contributed by atoms with Gasteiger partial charge in [-0.25, -0.2) is 0 Å². The molecule has 52 valence electrons. The topological polar surface area (TPSA) is 37.3 Å². The highest BCUT2D eigenvalue weighted by Gasteiger charge is 2.06. The summed E-state index contributed by atoms with van der Waals surface area (Å²) in [5.74, 6) is -0.977. The molecule has 0 fully saturated rings. The van der Waals surface area contributed by atoms with Gasteiger partial charge in [-0.2, -0.15) is 0 Å². The van der Waals surface area contributed by atoms with Crippen LogP contribution in [0.15, 0.2) is 12.2 Å². The van der Waals surface area contributed by atoms with E-state index in [0.717, 1.165) is 0 Å². The molecule has 0 saturated carbocycles. The largest absolute Gasteiger partial charge is 0.481 e. The quantitative estimate of drug-likeness (QED) is 0.587. The van der Waals surface area contributed by atoms with Gasteiger partial charge >= 0.3 is 5.97 Å². The molecule has 0 aromatic rings. The lowest BCUT2D eigenvalue weighted by Crippen LogP contribution is -2.07. The maximum atomic E-state index is 10.2. The highest BCUT2D eigenvalue weighted by Crippen LogP contribution is 2.01. The van der Waals surface area contributed by atoms with Gasteiger partial charge in [0, 0.05) is 0 Å². The van der Waals surface area contributed by atoms with Crippen LogP contribution < -0.4 is 0 Å². The first kappa shape index (κ1) is 8.21. The molecule has 0 saturated heterocycles. The van der Waals surface area contributed by atoms with Gasteiger partial charge < -0.3 is 5.11 Å². The molecule has 2 heteroatoms. The number of hydrogen-bond acceptors (Lipinski definition) is 1. The van der Waals surface area contributed by atoms with Crippen LogP contribution in [-0.4, -0.2) is 11.1 Å². The van der Waals surface area contributed by atoms with E-state index in [0.29, 0.717) is 6.42 Å². The van der Waals surface area contributed by atoms with E-state index in [4.69, 9.17) is 5.11 Å². The lowest BCUT2D eigenvalue weighted by atomic mass is 10.1. The summed E-state index contributed by atoms with van der Waals surface area (Å²) in [5.41, 5.74) is 0. The molecule has 0 rings (SSSR count). The van der Waals surface area contributed by atoms with Gasteiger partial charge in [-0.1, -0.05) is 19.1 Å². The van der Waals surface area contributed by atoms with Crippen LogP contribution in [0.25, 0.3) is 0 Å². The Labute approximate surface area is 55.2 Å². The third kappa shape index (κ3) is 3.76. The monoisotopic (exact) mass is 128 g/mol. The van der Waals surface area contributed by atoms with Crippen molar-refractivity contribution in [2.75, 3.05) is 0 Å². The van der Waals surface area contributed by atoms with E-state index >= 15 is 0 Å². The number of carbonyl (C=O) groups is 1. The first-order valence-electron chi connectivity index (χ1n) is 3.02. The molecule has 9 heavy (non-hydrogen) atoms. The van der Waals surface area contributed by atoms with Crippen LogP contribution in [0.5, 0.6) is 0 Å². The van der Waals surface area contributed by atoms with Crippen molar-refractivity contribution in [1.82, 2.24) is 0 Å². The smallest absolute Gasteiger partial charge is 0.306 e. The summed E-state index contributed by atoms with van der Waals surface area (Å²) in [4.78, 5) is 10.2. The number of carboxylic acids is 1. The molecule has 2 nitrogen and oxygen atoms in total. The second-order valence-electron chi connectivity index (χ2n) is 2.04. The van der Waals surface area contributed by atoms with Crippen LogP contribution in [0.2, 0.25) is 0 Å². The van der Waals surface area contributed by atoms with Crippen molar-refractivity contribution in [1.29, 1.82) is 0 Å². The average molecular weight is 128 g/mol. The summed E-state index contributed by atoms with van der Waals surface area (Å²) < 4.78 is 0. The van der Waals surface area contributed by atoms with E-state index < -0.39 is 5.97 Å².